The summed E-state index contributed by atoms with van der Waals surface area (Å²) in [6.07, 6.45) is -2.08. The van der Waals surface area contributed by atoms with Gasteiger partial charge in [-0.1, -0.05) is 6.07 Å². The number of aliphatic hydroxyl groups is 1. The zero-order chi connectivity index (χ0) is 19.1. The molecule has 0 unspecified atom stereocenters. The molecule has 0 spiro atoms. The van der Waals surface area contributed by atoms with E-state index in [0.29, 0.717) is 22.9 Å². The van der Waals surface area contributed by atoms with Crippen LogP contribution >= 0.6 is 0 Å². The van der Waals surface area contributed by atoms with Crippen LogP contribution in [0.25, 0.3) is 5.78 Å². The molecule has 0 aliphatic carbocycles. The Balaban J connectivity index is 2.00. The fraction of sp³-hybridized carbons (Fsp3) is 0.375. The van der Waals surface area contributed by atoms with Crippen LogP contribution in [0.3, 0.4) is 0 Å². The third kappa shape index (κ3) is 3.59. The topological polar surface area (TPSA) is 88.2 Å². The zero-order valence-electron chi connectivity index (χ0n) is 14.3. The smallest absolute Gasteiger partial charge is 0.388 e. The number of halogens is 3. The Morgan fingerprint density at radius 1 is 1.19 bits per heavy atom. The van der Waals surface area contributed by atoms with Gasteiger partial charge < -0.3 is 10.4 Å². The van der Waals surface area contributed by atoms with E-state index in [4.69, 9.17) is 0 Å². The molecule has 0 radical (unpaired) electrons. The second-order valence-electron chi connectivity index (χ2n) is 6.46. The van der Waals surface area contributed by atoms with Crippen molar-refractivity contribution in [2.45, 2.75) is 38.6 Å². The molecule has 0 bridgehead atoms. The molecule has 0 aromatic carbocycles. The first-order chi connectivity index (χ1) is 12.1. The van der Waals surface area contributed by atoms with Crippen molar-refractivity contribution in [1.29, 1.82) is 0 Å². The molecule has 26 heavy (non-hydrogen) atoms. The van der Waals surface area contributed by atoms with E-state index < -0.39 is 23.5 Å². The van der Waals surface area contributed by atoms with Crippen molar-refractivity contribution in [3.8, 4) is 0 Å². The number of anilines is 1. The molecule has 0 aliphatic heterocycles. The van der Waals surface area contributed by atoms with Gasteiger partial charge in [0.15, 0.2) is 0 Å². The average Bonchev–Trinajstić information content (AvgIpc) is 2.99. The lowest BCUT2D eigenvalue weighted by Gasteiger charge is -2.31. The van der Waals surface area contributed by atoms with Gasteiger partial charge in [0, 0.05) is 18.0 Å². The van der Waals surface area contributed by atoms with Gasteiger partial charge in [-0.15, -0.1) is 0 Å². The van der Waals surface area contributed by atoms with E-state index in [1.807, 2.05) is 0 Å². The Morgan fingerprint density at radius 3 is 2.50 bits per heavy atom. The molecule has 3 aromatic rings. The van der Waals surface area contributed by atoms with Crippen LogP contribution in [0.15, 0.2) is 30.7 Å². The van der Waals surface area contributed by atoms with Gasteiger partial charge in [-0.25, -0.2) is 4.98 Å². The van der Waals surface area contributed by atoms with Gasteiger partial charge in [-0.3, -0.25) is 4.98 Å². The molecule has 1 atom stereocenters. The molecule has 10 heteroatoms. The Labute approximate surface area is 146 Å². The summed E-state index contributed by atoms with van der Waals surface area (Å²) in [7, 11) is 0. The minimum absolute atomic E-state index is 0.368. The van der Waals surface area contributed by atoms with Crippen molar-refractivity contribution in [3.05, 3.63) is 47.7 Å². The molecule has 3 aromatic heterocycles. The van der Waals surface area contributed by atoms with Crippen molar-refractivity contribution < 1.29 is 18.3 Å². The zero-order valence-corrected chi connectivity index (χ0v) is 14.3. The van der Waals surface area contributed by atoms with Crippen LogP contribution in [0, 0.1) is 6.92 Å². The summed E-state index contributed by atoms with van der Waals surface area (Å²) >= 11 is 0. The Morgan fingerprint density at radius 2 is 1.92 bits per heavy atom. The van der Waals surface area contributed by atoms with E-state index in [0.717, 1.165) is 12.3 Å². The van der Waals surface area contributed by atoms with Crippen LogP contribution in [0.1, 0.15) is 36.8 Å². The summed E-state index contributed by atoms with van der Waals surface area (Å²) in [5, 5.41) is 17.7. The van der Waals surface area contributed by atoms with Gasteiger partial charge in [-0.2, -0.15) is 27.8 Å². The SMILES string of the molecule is Cc1cc(N[C@H](c2ccc(C(F)(F)F)nc2)C(C)(C)O)n2ncnc2n1. The minimum atomic E-state index is -4.52. The standard InChI is InChI=1S/C16H17F3N6O/c1-9-6-12(25-14(23-9)21-8-22-25)24-13(15(2,3)26)10-4-5-11(20-7-10)16(17,18)19/h4-8,13,24,26H,1-3H3/t13-/m1/s1. The number of nitrogens with zero attached hydrogens (tertiary/aromatic N) is 5. The first-order valence-corrected chi connectivity index (χ1v) is 7.75. The van der Waals surface area contributed by atoms with E-state index in [2.05, 4.69) is 25.4 Å². The third-order valence-corrected chi connectivity index (χ3v) is 3.79. The summed E-state index contributed by atoms with van der Waals surface area (Å²) in [4.78, 5) is 11.7. The molecular weight excluding hydrogens is 349 g/mol. The van der Waals surface area contributed by atoms with Crippen molar-refractivity contribution in [1.82, 2.24) is 24.6 Å². The predicted octanol–water partition coefficient (Wildman–Crippen LogP) is 2.77. The minimum Gasteiger partial charge on any atom is -0.388 e. The van der Waals surface area contributed by atoms with Crippen LogP contribution in [0.4, 0.5) is 19.0 Å². The van der Waals surface area contributed by atoms with Crippen molar-refractivity contribution in [2.24, 2.45) is 0 Å². The number of aromatic nitrogens is 5. The molecular formula is C16H17F3N6O. The monoisotopic (exact) mass is 366 g/mol. The summed E-state index contributed by atoms with van der Waals surface area (Å²) in [5.74, 6) is 0.865. The highest BCUT2D eigenvalue weighted by atomic mass is 19.4. The summed E-state index contributed by atoms with van der Waals surface area (Å²) in [6.45, 7) is 4.88. The number of nitrogens with one attached hydrogen (secondary N) is 1. The molecule has 3 heterocycles. The van der Waals surface area contributed by atoms with Gasteiger partial charge >= 0.3 is 6.18 Å². The number of aryl methyl sites for hydroxylation is 1. The first kappa shape index (κ1) is 18.1. The summed E-state index contributed by atoms with van der Waals surface area (Å²) in [6, 6.07) is 3.14. The Kier molecular flexibility index (Phi) is 4.31. The largest absolute Gasteiger partial charge is 0.433 e. The van der Waals surface area contributed by atoms with Crippen LogP contribution in [0.5, 0.6) is 0 Å². The van der Waals surface area contributed by atoms with E-state index in [-0.39, 0.29) is 0 Å². The molecule has 7 nitrogen and oxygen atoms in total. The number of hydrogen-bond donors (Lipinski definition) is 2. The second-order valence-corrected chi connectivity index (χ2v) is 6.46. The van der Waals surface area contributed by atoms with Crippen molar-refractivity contribution in [3.63, 3.8) is 0 Å². The molecule has 0 saturated carbocycles. The summed E-state index contributed by atoms with van der Waals surface area (Å²) in [5.41, 5.74) is -1.22. The van der Waals surface area contributed by atoms with Crippen LogP contribution in [-0.2, 0) is 6.18 Å². The Hall–Kier alpha value is -2.75. The number of hydrogen-bond acceptors (Lipinski definition) is 6. The van der Waals surface area contributed by atoms with E-state index >= 15 is 0 Å². The lowest BCUT2D eigenvalue weighted by Crippen LogP contribution is -2.35. The molecule has 0 amide bonds. The van der Waals surface area contributed by atoms with Gasteiger partial charge in [0.25, 0.3) is 5.78 Å². The fourth-order valence-corrected chi connectivity index (χ4v) is 2.59. The van der Waals surface area contributed by atoms with E-state index in [9.17, 15) is 18.3 Å². The molecule has 2 N–H and O–H groups in total. The maximum Gasteiger partial charge on any atom is 0.433 e. The highest BCUT2D eigenvalue weighted by Crippen LogP contribution is 2.32. The van der Waals surface area contributed by atoms with Crippen LogP contribution < -0.4 is 5.32 Å². The first-order valence-electron chi connectivity index (χ1n) is 7.75. The number of fused-ring (bicyclic) bond motifs is 1. The van der Waals surface area contributed by atoms with Crippen LogP contribution in [-0.4, -0.2) is 35.3 Å². The lowest BCUT2D eigenvalue weighted by molar-refractivity contribution is -0.141. The highest BCUT2D eigenvalue weighted by Gasteiger charge is 2.34. The maximum atomic E-state index is 12.7. The van der Waals surface area contributed by atoms with Gasteiger partial charge in [0.05, 0.1) is 11.6 Å². The quantitative estimate of drug-likeness (QED) is 0.738. The molecule has 0 saturated heterocycles. The lowest BCUT2D eigenvalue weighted by atomic mass is 9.92. The molecule has 3 rings (SSSR count). The molecule has 0 aliphatic rings. The normalized spacial score (nSPS) is 13.8. The number of pyridine rings is 1. The van der Waals surface area contributed by atoms with Crippen molar-refractivity contribution in [2.75, 3.05) is 5.32 Å². The van der Waals surface area contributed by atoms with E-state index in [1.54, 1.807) is 26.8 Å². The van der Waals surface area contributed by atoms with E-state index in [1.165, 1.54) is 16.9 Å². The fourth-order valence-electron chi connectivity index (χ4n) is 2.59. The highest BCUT2D eigenvalue weighted by molar-refractivity contribution is 5.47. The molecule has 0 fully saturated rings. The number of alkyl halides is 3. The molecule has 138 valence electrons. The summed E-state index contributed by atoms with van der Waals surface area (Å²) < 4.78 is 39.6. The Bertz CT molecular complexity index is 914. The van der Waals surface area contributed by atoms with Gasteiger partial charge in [-0.05, 0) is 32.4 Å². The average molecular weight is 366 g/mol. The maximum absolute atomic E-state index is 12.7. The third-order valence-electron chi connectivity index (χ3n) is 3.79. The predicted molar refractivity (Wildman–Crippen MR) is 87.4 cm³/mol. The van der Waals surface area contributed by atoms with Crippen LogP contribution in [0.2, 0.25) is 0 Å². The van der Waals surface area contributed by atoms with Crippen molar-refractivity contribution >= 4 is 11.6 Å². The number of rotatable bonds is 4. The second kappa shape index (κ2) is 6.20. The van der Waals surface area contributed by atoms with Gasteiger partial charge in [0.2, 0.25) is 0 Å². The van der Waals surface area contributed by atoms with Gasteiger partial charge in [0.1, 0.15) is 17.8 Å².